The third-order valence-corrected chi connectivity index (χ3v) is 3.26. The maximum atomic E-state index is 12.0. The van der Waals surface area contributed by atoms with Crippen LogP contribution in [0.5, 0.6) is 0 Å². The first kappa shape index (κ1) is 14.6. The first-order chi connectivity index (χ1) is 8.79. The molecule has 3 nitrogen and oxygen atoms in total. The maximum absolute atomic E-state index is 12.0. The highest BCUT2D eigenvalue weighted by Gasteiger charge is 2.09. The van der Waals surface area contributed by atoms with Crippen molar-refractivity contribution in [3.8, 4) is 12.3 Å². The fraction of sp³-hybridized carbons (Fsp3) is 0.357. The first-order valence-corrected chi connectivity index (χ1v) is 7.02. The number of nitrogens with one attached hydrogen (secondary N) is 1. The van der Waals surface area contributed by atoms with E-state index in [-0.39, 0.29) is 5.91 Å². The maximum Gasteiger partial charge on any atom is 0.251 e. The summed E-state index contributed by atoms with van der Waals surface area (Å²) in [5.74, 6) is 4.02. The summed E-state index contributed by atoms with van der Waals surface area (Å²) in [5, 5.41) is 2.89. The van der Waals surface area contributed by atoms with Crippen LogP contribution in [0.3, 0.4) is 0 Å². The molecule has 1 amide bonds. The van der Waals surface area contributed by atoms with Crippen molar-refractivity contribution in [3.63, 3.8) is 0 Å². The van der Waals surface area contributed by atoms with E-state index in [1.807, 2.05) is 24.3 Å². The lowest BCUT2D eigenvalue weighted by Gasteiger charge is -2.09. The summed E-state index contributed by atoms with van der Waals surface area (Å²) < 4.78 is 0. The Morgan fingerprint density at radius 3 is 2.94 bits per heavy atom. The molecule has 4 heteroatoms. The Morgan fingerprint density at radius 2 is 2.22 bits per heavy atom. The third-order valence-electron chi connectivity index (χ3n) is 2.39. The van der Waals surface area contributed by atoms with Gasteiger partial charge < -0.3 is 11.1 Å². The van der Waals surface area contributed by atoms with Crippen molar-refractivity contribution >= 4 is 17.7 Å². The molecule has 0 atom stereocenters. The Balaban J connectivity index is 2.48. The summed E-state index contributed by atoms with van der Waals surface area (Å²) in [6, 6.07) is 7.55. The Labute approximate surface area is 113 Å². The molecule has 1 aromatic rings. The smallest absolute Gasteiger partial charge is 0.251 e. The Hall–Kier alpha value is -1.44. The van der Waals surface area contributed by atoms with E-state index in [9.17, 15) is 4.79 Å². The Morgan fingerprint density at radius 1 is 1.44 bits per heavy atom. The minimum Gasteiger partial charge on any atom is -0.351 e. The summed E-state index contributed by atoms with van der Waals surface area (Å²) in [5.41, 5.74) is 7.24. The largest absolute Gasteiger partial charge is 0.351 e. The van der Waals surface area contributed by atoms with Crippen LogP contribution < -0.4 is 11.1 Å². The topological polar surface area (TPSA) is 55.1 Å². The zero-order valence-corrected chi connectivity index (χ0v) is 11.1. The standard InChI is InChI=1S/C14H18N2OS/c1-2-10-18-11-9-16-14(17)13-6-4-3-5-12(13)7-8-15/h1,3-6H,7-11,15H2,(H,16,17). The van der Waals surface area contributed by atoms with Gasteiger partial charge in [-0.15, -0.1) is 18.2 Å². The minimum atomic E-state index is -0.0413. The number of rotatable bonds is 7. The van der Waals surface area contributed by atoms with E-state index >= 15 is 0 Å². The van der Waals surface area contributed by atoms with E-state index in [0.29, 0.717) is 24.4 Å². The number of hydrogen-bond donors (Lipinski definition) is 2. The van der Waals surface area contributed by atoms with Crippen molar-refractivity contribution in [1.82, 2.24) is 5.32 Å². The summed E-state index contributed by atoms with van der Waals surface area (Å²) in [4.78, 5) is 12.0. The molecule has 0 aliphatic heterocycles. The fourth-order valence-electron chi connectivity index (χ4n) is 1.58. The normalized spacial score (nSPS) is 9.78. The van der Waals surface area contributed by atoms with Crippen molar-refractivity contribution in [2.24, 2.45) is 5.73 Å². The Kier molecular flexibility index (Phi) is 7.00. The summed E-state index contributed by atoms with van der Waals surface area (Å²) >= 11 is 1.63. The lowest BCUT2D eigenvalue weighted by molar-refractivity contribution is 0.0955. The molecule has 96 valence electrons. The molecule has 0 saturated carbocycles. The highest BCUT2D eigenvalue weighted by atomic mass is 32.2. The van der Waals surface area contributed by atoms with Gasteiger partial charge in [0, 0.05) is 17.9 Å². The van der Waals surface area contributed by atoms with E-state index in [1.165, 1.54) is 0 Å². The molecule has 0 radical (unpaired) electrons. The average Bonchev–Trinajstić information content (AvgIpc) is 2.39. The second-order valence-corrected chi connectivity index (χ2v) is 4.81. The summed E-state index contributed by atoms with van der Waals surface area (Å²) in [7, 11) is 0. The predicted octanol–water partition coefficient (Wildman–Crippen LogP) is 1.28. The number of carbonyl (C=O) groups is 1. The Bertz CT molecular complexity index is 426. The van der Waals surface area contributed by atoms with Crippen LogP contribution in [-0.2, 0) is 6.42 Å². The molecule has 1 rings (SSSR count). The van der Waals surface area contributed by atoms with Gasteiger partial charge in [-0.25, -0.2) is 0 Å². The van der Waals surface area contributed by atoms with E-state index in [1.54, 1.807) is 11.8 Å². The lowest BCUT2D eigenvalue weighted by Crippen LogP contribution is -2.27. The molecule has 3 N–H and O–H groups in total. The van der Waals surface area contributed by atoms with Gasteiger partial charge in [0.2, 0.25) is 0 Å². The third kappa shape index (κ3) is 4.82. The molecular formula is C14H18N2OS. The lowest BCUT2D eigenvalue weighted by atomic mass is 10.0. The van der Waals surface area contributed by atoms with Crippen LogP contribution in [0, 0.1) is 12.3 Å². The molecule has 0 heterocycles. The van der Waals surface area contributed by atoms with Crippen LogP contribution in [0.2, 0.25) is 0 Å². The van der Waals surface area contributed by atoms with E-state index in [2.05, 4.69) is 11.2 Å². The molecule has 0 fully saturated rings. The quantitative estimate of drug-likeness (QED) is 0.575. The number of thioether (sulfide) groups is 1. The van der Waals surface area contributed by atoms with E-state index < -0.39 is 0 Å². The van der Waals surface area contributed by atoms with Crippen LogP contribution in [-0.4, -0.2) is 30.5 Å². The van der Waals surface area contributed by atoms with Crippen LogP contribution in [0.1, 0.15) is 15.9 Å². The molecule has 1 aromatic carbocycles. The van der Waals surface area contributed by atoms with Crippen molar-refractivity contribution in [2.75, 3.05) is 24.6 Å². The summed E-state index contributed by atoms with van der Waals surface area (Å²) in [6.07, 6.45) is 5.86. The monoisotopic (exact) mass is 262 g/mol. The van der Waals surface area contributed by atoms with Gasteiger partial charge in [0.25, 0.3) is 5.91 Å². The SMILES string of the molecule is C#CCSCCNC(=O)c1ccccc1CCN. The van der Waals surface area contributed by atoms with Gasteiger partial charge in [-0.1, -0.05) is 24.1 Å². The number of terminal acetylenes is 1. The first-order valence-electron chi connectivity index (χ1n) is 5.87. The number of hydrogen-bond acceptors (Lipinski definition) is 3. The number of nitrogens with two attached hydrogens (primary N) is 1. The predicted molar refractivity (Wildman–Crippen MR) is 77.7 cm³/mol. The van der Waals surface area contributed by atoms with E-state index in [4.69, 9.17) is 12.2 Å². The molecular weight excluding hydrogens is 244 g/mol. The second-order valence-electron chi connectivity index (χ2n) is 3.71. The van der Waals surface area contributed by atoms with Crippen LogP contribution >= 0.6 is 11.8 Å². The van der Waals surface area contributed by atoms with Crippen LogP contribution in [0.4, 0.5) is 0 Å². The average molecular weight is 262 g/mol. The number of carbonyl (C=O) groups excluding carboxylic acids is 1. The van der Waals surface area contributed by atoms with Crippen molar-refractivity contribution in [2.45, 2.75) is 6.42 Å². The molecule has 0 bridgehead atoms. The van der Waals surface area contributed by atoms with Crippen molar-refractivity contribution in [1.29, 1.82) is 0 Å². The van der Waals surface area contributed by atoms with Crippen molar-refractivity contribution in [3.05, 3.63) is 35.4 Å². The molecule has 0 saturated heterocycles. The van der Waals surface area contributed by atoms with Gasteiger partial charge in [0.05, 0.1) is 5.75 Å². The van der Waals surface area contributed by atoms with E-state index in [0.717, 1.165) is 17.7 Å². The van der Waals surface area contributed by atoms with Gasteiger partial charge in [0.1, 0.15) is 0 Å². The van der Waals surface area contributed by atoms with Gasteiger partial charge >= 0.3 is 0 Å². The van der Waals surface area contributed by atoms with Gasteiger partial charge in [-0.2, -0.15) is 0 Å². The number of amides is 1. The molecule has 0 unspecified atom stereocenters. The highest BCUT2D eigenvalue weighted by molar-refractivity contribution is 7.99. The van der Waals surface area contributed by atoms with Crippen LogP contribution in [0.25, 0.3) is 0 Å². The summed E-state index contributed by atoms with van der Waals surface area (Å²) in [6.45, 7) is 1.17. The van der Waals surface area contributed by atoms with Gasteiger partial charge in [-0.05, 0) is 24.6 Å². The minimum absolute atomic E-state index is 0.0413. The molecule has 0 aliphatic rings. The highest BCUT2D eigenvalue weighted by Crippen LogP contribution is 2.09. The molecule has 0 spiro atoms. The molecule has 0 aromatic heterocycles. The zero-order valence-electron chi connectivity index (χ0n) is 10.3. The fourth-order valence-corrected chi connectivity index (χ4v) is 2.09. The molecule has 18 heavy (non-hydrogen) atoms. The van der Waals surface area contributed by atoms with Gasteiger partial charge in [-0.3, -0.25) is 4.79 Å². The van der Waals surface area contributed by atoms with Crippen molar-refractivity contribution < 1.29 is 4.79 Å². The van der Waals surface area contributed by atoms with Crippen LogP contribution in [0.15, 0.2) is 24.3 Å². The van der Waals surface area contributed by atoms with Gasteiger partial charge in [0.15, 0.2) is 0 Å². The number of benzene rings is 1. The second kappa shape index (κ2) is 8.62. The molecule has 0 aliphatic carbocycles. The zero-order chi connectivity index (χ0) is 13.2.